The fraction of sp³-hybridized carbons (Fsp3) is 0.500. The predicted molar refractivity (Wildman–Crippen MR) is 55.6 cm³/mol. The highest BCUT2D eigenvalue weighted by Gasteiger charge is 2.39. The minimum Gasteiger partial charge on any atom is -0.485 e. The van der Waals surface area contributed by atoms with Gasteiger partial charge in [-0.2, -0.15) is 0 Å². The average Bonchev–Trinajstić information content (AvgIpc) is 2.56. The van der Waals surface area contributed by atoms with Crippen LogP contribution in [0.2, 0.25) is 0 Å². The number of hydrogen-bond acceptors (Lipinski definition) is 2. The largest absolute Gasteiger partial charge is 0.485 e. The van der Waals surface area contributed by atoms with E-state index < -0.39 is 0 Å². The summed E-state index contributed by atoms with van der Waals surface area (Å²) in [5, 5.41) is 3.43. The lowest BCUT2D eigenvalue weighted by Crippen LogP contribution is -2.49. The van der Waals surface area contributed by atoms with E-state index in [1.165, 1.54) is 18.4 Å². The maximum Gasteiger partial charge on any atom is 0.126 e. The molecule has 0 aliphatic carbocycles. The standard InChI is InChI=1S/C12H15NO/c1-2-5-11-10(4-1)8-12(14-11)6-3-7-13-9-12/h1-2,4-5,13H,3,6-9H2/t12-/m1/s1. The van der Waals surface area contributed by atoms with Gasteiger partial charge in [-0.05, 0) is 31.0 Å². The normalized spacial score (nSPS) is 30.0. The highest BCUT2D eigenvalue weighted by Crippen LogP contribution is 2.38. The molecule has 1 fully saturated rings. The molecule has 2 aliphatic heterocycles. The van der Waals surface area contributed by atoms with Crippen molar-refractivity contribution in [2.45, 2.75) is 24.9 Å². The summed E-state index contributed by atoms with van der Waals surface area (Å²) >= 11 is 0. The number of fused-ring (bicyclic) bond motifs is 1. The van der Waals surface area contributed by atoms with Gasteiger partial charge in [0, 0.05) is 13.0 Å². The van der Waals surface area contributed by atoms with Crippen molar-refractivity contribution in [2.24, 2.45) is 0 Å². The van der Waals surface area contributed by atoms with Crippen LogP contribution in [0.3, 0.4) is 0 Å². The zero-order valence-corrected chi connectivity index (χ0v) is 8.25. The molecule has 2 aliphatic rings. The first-order valence-corrected chi connectivity index (χ1v) is 5.36. The third kappa shape index (κ3) is 1.22. The molecule has 1 spiro atoms. The molecule has 0 radical (unpaired) electrons. The van der Waals surface area contributed by atoms with E-state index >= 15 is 0 Å². The second-order valence-electron chi connectivity index (χ2n) is 4.35. The minimum absolute atomic E-state index is 0.0714. The van der Waals surface area contributed by atoms with Gasteiger partial charge in [0.25, 0.3) is 0 Å². The Labute approximate surface area is 84.3 Å². The maximum absolute atomic E-state index is 6.07. The summed E-state index contributed by atoms with van der Waals surface area (Å²) in [6.07, 6.45) is 3.50. The van der Waals surface area contributed by atoms with Gasteiger partial charge in [-0.3, -0.25) is 0 Å². The third-order valence-electron chi connectivity index (χ3n) is 3.24. The van der Waals surface area contributed by atoms with Crippen LogP contribution in [0.1, 0.15) is 18.4 Å². The molecule has 1 aromatic carbocycles. The van der Waals surface area contributed by atoms with Gasteiger partial charge in [0.05, 0.1) is 0 Å². The second-order valence-corrected chi connectivity index (χ2v) is 4.35. The Balaban J connectivity index is 1.89. The van der Waals surface area contributed by atoms with E-state index in [0.29, 0.717) is 0 Å². The number of rotatable bonds is 0. The van der Waals surface area contributed by atoms with Gasteiger partial charge in [0.2, 0.25) is 0 Å². The van der Waals surface area contributed by atoms with Crippen LogP contribution in [0.4, 0.5) is 0 Å². The van der Waals surface area contributed by atoms with Gasteiger partial charge < -0.3 is 10.1 Å². The molecule has 0 amide bonds. The highest BCUT2D eigenvalue weighted by atomic mass is 16.5. The molecule has 0 aromatic heterocycles. The van der Waals surface area contributed by atoms with Gasteiger partial charge in [-0.1, -0.05) is 18.2 Å². The number of ether oxygens (including phenoxy) is 1. The SMILES string of the molecule is c1ccc2c(c1)C[C@@]1(CCCNC1)O2. The first kappa shape index (κ1) is 8.30. The quantitative estimate of drug-likeness (QED) is 0.671. The molecule has 1 atom stereocenters. The smallest absolute Gasteiger partial charge is 0.126 e. The molecule has 2 heterocycles. The zero-order valence-electron chi connectivity index (χ0n) is 8.25. The second kappa shape index (κ2) is 2.99. The molecule has 0 saturated carbocycles. The Morgan fingerprint density at radius 2 is 2.21 bits per heavy atom. The van der Waals surface area contributed by atoms with Crippen molar-refractivity contribution in [2.75, 3.05) is 13.1 Å². The van der Waals surface area contributed by atoms with E-state index in [2.05, 4.69) is 23.5 Å². The van der Waals surface area contributed by atoms with Gasteiger partial charge >= 0.3 is 0 Å². The molecular formula is C12H15NO. The molecule has 2 nitrogen and oxygen atoms in total. The van der Waals surface area contributed by atoms with Crippen molar-refractivity contribution in [1.82, 2.24) is 5.32 Å². The fourth-order valence-electron chi connectivity index (χ4n) is 2.54. The van der Waals surface area contributed by atoms with E-state index in [1.807, 2.05) is 6.07 Å². The van der Waals surface area contributed by atoms with Crippen molar-refractivity contribution >= 4 is 0 Å². The van der Waals surface area contributed by atoms with Crippen LogP contribution in [0.15, 0.2) is 24.3 Å². The first-order chi connectivity index (χ1) is 6.88. The molecule has 2 heteroatoms. The summed E-state index contributed by atoms with van der Waals surface area (Å²) in [6, 6.07) is 8.41. The summed E-state index contributed by atoms with van der Waals surface area (Å²) in [4.78, 5) is 0. The monoisotopic (exact) mass is 189 g/mol. The number of para-hydroxylation sites is 1. The Morgan fingerprint density at radius 1 is 1.29 bits per heavy atom. The van der Waals surface area contributed by atoms with E-state index in [-0.39, 0.29) is 5.60 Å². The summed E-state index contributed by atoms with van der Waals surface area (Å²) in [5.41, 5.74) is 1.44. The average molecular weight is 189 g/mol. The van der Waals surface area contributed by atoms with E-state index in [9.17, 15) is 0 Å². The third-order valence-corrected chi connectivity index (χ3v) is 3.24. The number of benzene rings is 1. The van der Waals surface area contributed by atoms with Crippen LogP contribution >= 0.6 is 0 Å². The van der Waals surface area contributed by atoms with Crippen LogP contribution in [0.5, 0.6) is 5.75 Å². The number of nitrogens with one attached hydrogen (secondary N) is 1. The Kier molecular flexibility index (Phi) is 1.77. The Hall–Kier alpha value is -1.02. The van der Waals surface area contributed by atoms with E-state index in [0.717, 1.165) is 25.3 Å². The molecule has 1 saturated heterocycles. The van der Waals surface area contributed by atoms with Gasteiger partial charge in [0.15, 0.2) is 0 Å². The molecule has 14 heavy (non-hydrogen) atoms. The van der Waals surface area contributed by atoms with E-state index in [1.54, 1.807) is 0 Å². The maximum atomic E-state index is 6.07. The molecule has 0 bridgehead atoms. The summed E-state index contributed by atoms with van der Waals surface area (Å²) in [5.74, 6) is 1.09. The number of piperidine rings is 1. The Bertz CT molecular complexity index is 315. The van der Waals surface area contributed by atoms with Gasteiger partial charge in [-0.25, -0.2) is 0 Å². The van der Waals surface area contributed by atoms with Gasteiger partial charge in [0.1, 0.15) is 11.4 Å². The van der Waals surface area contributed by atoms with Crippen molar-refractivity contribution in [3.8, 4) is 5.75 Å². The summed E-state index contributed by atoms with van der Waals surface area (Å²) in [6.45, 7) is 2.14. The molecule has 3 rings (SSSR count). The molecular weight excluding hydrogens is 174 g/mol. The first-order valence-electron chi connectivity index (χ1n) is 5.36. The molecule has 74 valence electrons. The van der Waals surface area contributed by atoms with Gasteiger partial charge in [-0.15, -0.1) is 0 Å². The van der Waals surface area contributed by atoms with Crippen molar-refractivity contribution in [3.63, 3.8) is 0 Å². The van der Waals surface area contributed by atoms with Crippen LogP contribution in [-0.2, 0) is 6.42 Å². The topological polar surface area (TPSA) is 21.3 Å². The predicted octanol–water partition coefficient (Wildman–Crippen LogP) is 1.74. The highest BCUT2D eigenvalue weighted by molar-refractivity contribution is 5.39. The van der Waals surface area contributed by atoms with Crippen LogP contribution in [-0.4, -0.2) is 18.7 Å². The molecule has 1 aromatic rings. The van der Waals surface area contributed by atoms with Crippen molar-refractivity contribution < 1.29 is 4.74 Å². The van der Waals surface area contributed by atoms with Crippen molar-refractivity contribution in [1.29, 1.82) is 0 Å². The lowest BCUT2D eigenvalue weighted by atomic mass is 9.89. The Morgan fingerprint density at radius 3 is 3.00 bits per heavy atom. The summed E-state index contributed by atoms with van der Waals surface area (Å²) in [7, 11) is 0. The lowest BCUT2D eigenvalue weighted by molar-refractivity contribution is 0.0660. The van der Waals surface area contributed by atoms with E-state index in [4.69, 9.17) is 4.74 Å². The van der Waals surface area contributed by atoms with Crippen molar-refractivity contribution in [3.05, 3.63) is 29.8 Å². The van der Waals surface area contributed by atoms with Crippen LogP contribution in [0.25, 0.3) is 0 Å². The minimum atomic E-state index is 0.0714. The zero-order chi connectivity index (χ0) is 9.43. The lowest BCUT2D eigenvalue weighted by Gasteiger charge is -2.33. The number of hydrogen-bond donors (Lipinski definition) is 1. The molecule has 1 N–H and O–H groups in total. The van der Waals surface area contributed by atoms with Crippen LogP contribution in [0, 0.1) is 0 Å². The van der Waals surface area contributed by atoms with Crippen LogP contribution < -0.4 is 10.1 Å². The summed E-state index contributed by atoms with van der Waals surface area (Å²) < 4.78 is 6.07. The fourth-order valence-corrected chi connectivity index (χ4v) is 2.54. The molecule has 0 unspecified atom stereocenters.